The standard InChI is InChI=1S/C14H12ClFO2/c15-8-11-2-1-3-13(16)14(11)18-9-10-4-6-12(17)7-5-10/h1-7,17H,8-9H2. The lowest BCUT2D eigenvalue weighted by atomic mass is 10.2. The second kappa shape index (κ2) is 5.74. The quantitative estimate of drug-likeness (QED) is 0.852. The lowest BCUT2D eigenvalue weighted by molar-refractivity contribution is 0.287. The number of aromatic hydroxyl groups is 1. The Labute approximate surface area is 110 Å². The number of hydrogen-bond donors (Lipinski definition) is 1. The molecule has 18 heavy (non-hydrogen) atoms. The molecule has 0 spiro atoms. The molecule has 4 heteroatoms. The van der Waals surface area contributed by atoms with Gasteiger partial charge in [0.25, 0.3) is 0 Å². The van der Waals surface area contributed by atoms with Crippen molar-refractivity contribution < 1.29 is 14.2 Å². The van der Waals surface area contributed by atoms with Crippen LogP contribution in [0.3, 0.4) is 0 Å². The maximum absolute atomic E-state index is 13.6. The minimum absolute atomic E-state index is 0.181. The van der Waals surface area contributed by atoms with Gasteiger partial charge in [-0.3, -0.25) is 0 Å². The molecule has 2 aromatic carbocycles. The van der Waals surface area contributed by atoms with Crippen molar-refractivity contribution in [2.24, 2.45) is 0 Å². The van der Waals surface area contributed by atoms with Gasteiger partial charge in [-0.2, -0.15) is 0 Å². The zero-order chi connectivity index (χ0) is 13.0. The van der Waals surface area contributed by atoms with Crippen LogP contribution in [0.15, 0.2) is 42.5 Å². The van der Waals surface area contributed by atoms with Gasteiger partial charge in [0.1, 0.15) is 12.4 Å². The molecule has 2 nitrogen and oxygen atoms in total. The highest BCUT2D eigenvalue weighted by Gasteiger charge is 2.09. The number of ether oxygens (including phenoxy) is 1. The highest BCUT2D eigenvalue weighted by molar-refractivity contribution is 6.17. The van der Waals surface area contributed by atoms with Crippen LogP contribution >= 0.6 is 11.6 Å². The molecule has 0 bridgehead atoms. The van der Waals surface area contributed by atoms with Gasteiger partial charge in [0, 0.05) is 5.56 Å². The zero-order valence-corrected chi connectivity index (χ0v) is 10.3. The first-order valence-electron chi connectivity index (χ1n) is 5.45. The molecular weight excluding hydrogens is 255 g/mol. The molecule has 2 rings (SSSR count). The van der Waals surface area contributed by atoms with Gasteiger partial charge in [0.15, 0.2) is 11.6 Å². The fourth-order valence-electron chi connectivity index (χ4n) is 1.57. The molecule has 0 saturated carbocycles. The molecule has 94 valence electrons. The van der Waals surface area contributed by atoms with Crippen LogP contribution in [0, 0.1) is 5.82 Å². The highest BCUT2D eigenvalue weighted by Crippen LogP contribution is 2.25. The number of phenols is 1. The minimum atomic E-state index is -0.424. The van der Waals surface area contributed by atoms with Gasteiger partial charge in [-0.15, -0.1) is 11.6 Å². The van der Waals surface area contributed by atoms with Crippen molar-refractivity contribution in [3.8, 4) is 11.5 Å². The Balaban J connectivity index is 2.12. The van der Waals surface area contributed by atoms with E-state index in [0.29, 0.717) is 5.56 Å². The Morgan fingerprint density at radius 3 is 2.50 bits per heavy atom. The largest absolute Gasteiger partial charge is 0.508 e. The van der Waals surface area contributed by atoms with Gasteiger partial charge < -0.3 is 9.84 Å². The van der Waals surface area contributed by atoms with Crippen LogP contribution < -0.4 is 4.74 Å². The van der Waals surface area contributed by atoms with Gasteiger partial charge in [0.2, 0.25) is 0 Å². The first-order chi connectivity index (χ1) is 8.70. The first kappa shape index (κ1) is 12.7. The maximum atomic E-state index is 13.6. The summed E-state index contributed by atoms with van der Waals surface area (Å²) in [5.41, 5.74) is 1.46. The topological polar surface area (TPSA) is 29.5 Å². The number of rotatable bonds is 4. The molecule has 0 fully saturated rings. The van der Waals surface area contributed by atoms with Gasteiger partial charge in [-0.05, 0) is 23.8 Å². The lowest BCUT2D eigenvalue weighted by Gasteiger charge is -2.10. The Hall–Kier alpha value is -1.74. The van der Waals surface area contributed by atoms with Crippen LogP contribution in [0.2, 0.25) is 0 Å². The average Bonchev–Trinajstić information content (AvgIpc) is 2.39. The van der Waals surface area contributed by atoms with Gasteiger partial charge in [0.05, 0.1) is 5.88 Å². The van der Waals surface area contributed by atoms with Crippen LogP contribution in [0.5, 0.6) is 11.5 Å². The molecule has 1 N–H and O–H groups in total. The number of phenolic OH excluding ortho intramolecular Hbond substituents is 1. The van der Waals surface area contributed by atoms with E-state index in [0.717, 1.165) is 5.56 Å². The van der Waals surface area contributed by atoms with E-state index in [2.05, 4.69) is 0 Å². The first-order valence-corrected chi connectivity index (χ1v) is 5.98. The Morgan fingerprint density at radius 1 is 1.11 bits per heavy atom. The van der Waals surface area contributed by atoms with E-state index in [9.17, 15) is 4.39 Å². The summed E-state index contributed by atoms with van der Waals surface area (Å²) < 4.78 is 19.0. The summed E-state index contributed by atoms with van der Waals surface area (Å²) in [6.45, 7) is 0.227. The van der Waals surface area contributed by atoms with Gasteiger partial charge >= 0.3 is 0 Å². The van der Waals surface area contributed by atoms with Crippen molar-refractivity contribution in [1.29, 1.82) is 0 Å². The molecule has 0 amide bonds. The molecule has 0 aliphatic carbocycles. The zero-order valence-electron chi connectivity index (χ0n) is 9.57. The second-order valence-corrected chi connectivity index (χ2v) is 4.08. The second-order valence-electron chi connectivity index (χ2n) is 3.82. The monoisotopic (exact) mass is 266 g/mol. The lowest BCUT2D eigenvalue weighted by Crippen LogP contribution is -2.00. The SMILES string of the molecule is Oc1ccc(COc2c(F)cccc2CCl)cc1. The molecule has 0 atom stereocenters. The summed E-state index contributed by atoms with van der Waals surface area (Å²) in [4.78, 5) is 0. The van der Waals surface area contributed by atoms with Crippen LogP contribution in [0.25, 0.3) is 0 Å². The van der Waals surface area contributed by atoms with Crippen LogP contribution in [-0.4, -0.2) is 5.11 Å². The smallest absolute Gasteiger partial charge is 0.165 e. The summed E-state index contributed by atoms with van der Waals surface area (Å²) in [5.74, 6) is 0.140. The fraction of sp³-hybridized carbons (Fsp3) is 0.143. The van der Waals surface area contributed by atoms with Crippen LogP contribution in [0.4, 0.5) is 4.39 Å². The Bertz CT molecular complexity index is 526. The molecule has 0 aliphatic heterocycles. The third kappa shape index (κ3) is 2.93. The maximum Gasteiger partial charge on any atom is 0.165 e. The highest BCUT2D eigenvalue weighted by atomic mass is 35.5. The van der Waals surface area contributed by atoms with Gasteiger partial charge in [-0.1, -0.05) is 24.3 Å². The molecule has 0 aliphatic rings. The fourth-order valence-corrected chi connectivity index (χ4v) is 1.78. The van der Waals surface area contributed by atoms with Crippen LogP contribution in [-0.2, 0) is 12.5 Å². The normalized spacial score (nSPS) is 10.3. The van der Waals surface area contributed by atoms with Crippen molar-refractivity contribution >= 4 is 11.6 Å². The van der Waals surface area contributed by atoms with E-state index in [1.165, 1.54) is 6.07 Å². The summed E-state index contributed by atoms with van der Waals surface area (Å²) in [5, 5.41) is 9.15. The van der Waals surface area contributed by atoms with Crippen molar-refractivity contribution in [3.63, 3.8) is 0 Å². The summed E-state index contributed by atoms with van der Waals surface area (Å²) in [7, 11) is 0. The van der Waals surface area contributed by atoms with Gasteiger partial charge in [-0.25, -0.2) is 4.39 Å². The molecule has 0 saturated heterocycles. The Morgan fingerprint density at radius 2 is 1.83 bits per heavy atom. The third-order valence-corrected chi connectivity index (χ3v) is 2.80. The number of alkyl halides is 1. The van der Waals surface area contributed by atoms with E-state index in [1.807, 2.05) is 0 Å². The third-order valence-electron chi connectivity index (χ3n) is 2.51. The number of benzene rings is 2. The summed E-state index contributed by atoms with van der Waals surface area (Å²) >= 11 is 5.73. The predicted molar refractivity (Wildman–Crippen MR) is 68.4 cm³/mol. The Kier molecular flexibility index (Phi) is 4.05. The van der Waals surface area contributed by atoms with Crippen molar-refractivity contribution in [1.82, 2.24) is 0 Å². The average molecular weight is 267 g/mol. The van der Waals surface area contributed by atoms with E-state index >= 15 is 0 Å². The van der Waals surface area contributed by atoms with E-state index < -0.39 is 5.82 Å². The number of para-hydroxylation sites is 1. The minimum Gasteiger partial charge on any atom is -0.508 e. The summed E-state index contributed by atoms with van der Waals surface area (Å²) in [6, 6.07) is 11.2. The number of halogens is 2. The van der Waals surface area contributed by atoms with E-state index in [-0.39, 0.29) is 24.0 Å². The van der Waals surface area contributed by atoms with Crippen molar-refractivity contribution in [2.75, 3.05) is 0 Å². The molecule has 0 heterocycles. The molecule has 2 aromatic rings. The molecular formula is C14H12ClFO2. The van der Waals surface area contributed by atoms with Crippen molar-refractivity contribution in [2.45, 2.75) is 12.5 Å². The van der Waals surface area contributed by atoms with E-state index in [1.54, 1.807) is 36.4 Å². The van der Waals surface area contributed by atoms with E-state index in [4.69, 9.17) is 21.4 Å². The summed E-state index contributed by atoms with van der Waals surface area (Å²) in [6.07, 6.45) is 0. The molecule has 0 radical (unpaired) electrons. The van der Waals surface area contributed by atoms with Crippen LogP contribution in [0.1, 0.15) is 11.1 Å². The molecule has 0 aromatic heterocycles. The van der Waals surface area contributed by atoms with Crippen molar-refractivity contribution in [3.05, 3.63) is 59.4 Å². The number of hydrogen-bond acceptors (Lipinski definition) is 2. The predicted octanol–water partition coefficient (Wildman–Crippen LogP) is 3.85. The molecule has 0 unspecified atom stereocenters.